The molecule has 0 amide bonds. The summed E-state index contributed by atoms with van der Waals surface area (Å²) in [5.74, 6) is 0.635. The normalized spacial score (nSPS) is 11.0. The molecule has 4 nitrogen and oxygen atoms in total. The lowest BCUT2D eigenvalue weighted by molar-refractivity contribution is 0.462. The molecule has 4 N–H and O–H groups in total. The molecule has 0 atom stereocenters. The van der Waals surface area contributed by atoms with Crippen molar-refractivity contribution in [3.8, 4) is 11.5 Å². The predicted octanol–water partition coefficient (Wildman–Crippen LogP) is 6.01. The van der Waals surface area contributed by atoms with E-state index in [1.54, 1.807) is 12.1 Å². The Kier molecular flexibility index (Phi) is 12.8. The summed E-state index contributed by atoms with van der Waals surface area (Å²) < 4.78 is 0. The fraction of sp³-hybridized carbons (Fsp3) is 0.583. The minimum atomic E-state index is 0. The van der Waals surface area contributed by atoms with Crippen molar-refractivity contribution in [1.29, 1.82) is 0 Å². The summed E-state index contributed by atoms with van der Waals surface area (Å²) in [5.41, 5.74) is 1.83. The molecule has 0 aliphatic carbocycles. The fourth-order valence-corrected chi connectivity index (χ4v) is 3.66. The number of nitrogens with one attached hydrogen (secondary N) is 2. The molecule has 0 radical (unpaired) electrons. The Morgan fingerprint density at radius 2 is 1.03 bits per heavy atom. The summed E-state index contributed by atoms with van der Waals surface area (Å²) >= 11 is 0. The van der Waals surface area contributed by atoms with Crippen molar-refractivity contribution in [3.63, 3.8) is 0 Å². The number of hydrogen-bond acceptors (Lipinski definition) is 4. The van der Waals surface area contributed by atoms with Gasteiger partial charge in [-0.3, -0.25) is 0 Å². The molecule has 2 rings (SSSR count). The molecule has 5 heteroatoms. The molecule has 0 aliphatic heterocycles. The van der Waals surface area contributed by atoms with Gasteiger partial charge in [0.05, 0.1) is 0 Å². The average molecular weight is 423 g/mol. The van der Waals surface area contributed by atoms with Crippen LogP contribution in [0.15, 0.2) is 24.3 Å². The van der Waals surface area contributed by atoms with Crippen molar-refractivity contribution in [2.24, 2.45) is 0 Å². The van der Waals surface area contributed by atoms with Crippen LogP contribution < -0.4 is 10.6 Å². The van der Waals surface area contributed by atoms with Gasteiger partial charge in [0.2, 0.25) is 0 Å². The van der Waals surface area contributed by atoms with Gasteiger partial charge in [0, 0.05) is 24.2 Å². The molecule has 0 heterocycles. The van der Waals surface area contributed by atoms with Gasteiger partial charge in [0.25, 0.3) is 0 Å². The van der Waals surface area contributed by atoms with E-state index >= 15 is 0 Å². The largest absolute Gasteiger partial charge is 0.508 e. The van der Waals surface area contributed by atoms with Crippen LogP contribution in [0.3, 0.4) is 0 Å². The third-order valence-corrected chi connectivity index (χ3v) is 5.39. The van der Waals surface area contributed by atoms with E-state index in [0.717, 1.165) is 47.8 Å². The summed E-state index contributed by atoms with van der Waals surface area (Å²) in [6.45, 7) is 7.64. The van der Waals surface area contributed by atoms with Crippen LogP contribution in [-0.4, -0.2) is 23.3 Å². The van der Waals surface area contributed by atoms with Crippen molar-refractivity contribution in [2.45, 2.75) is 78.3 Å². The lowest BCUT2D eigenvalue weighted by Gasteiger charge is -2.15. The smallest absolute Gasteiger partial charge is 0.120 e. The first-order valence-corrected chi connectivity index (χ1v) is 11.1. The second-order valence-electron chi connectivity index (χ2n) is 7.70. The molecule has 0 fully saturated rings. The molecule has 29 heavy (non-hydrogen) atoms. The van der Waals surface area contributed by atoms with E-state index in [-0.39, 0.29) is 12.4 Å². The molecule has 0 spiro atoms. The fourth-order valence-electron chi connectivity index (χ4n) is 3.66. The number of halogens is 1. The zero-order valence-electron chi connectivity index (χ0n) is 18.1. The summed E-state index contributed by atoms with van der Waals surface area (Å²) in [5, 5.41) is 29.7. The van der Waals surface area contributed by atoms with Gasteiger partial charge in [-0.05, 0) is 48.8 Å². The number of hydrogen-bond donors (Lipinski definition) is 4. The van der Waals surface area contributed by atoms with Gasteiger partial charge in [-0.1, -0.05) is 64.5 Å². The van der Waals surface area contributed by atoms with Crippen LogP contribution in [0.1, 0.15) is 76.3 Å². The van der Waals surface area contributed by atoms with Crippen LogP contribution in [0.2, 0.25) is 0 Å². The maximum absolute atomic E-state index is 10.4. The zero-order chi connectivity index (χ0) is 20.2. The Morgan fingerprint density at radius 3 is 1.41 bits per heavy atom. The van der Waals surface area contributed by atoms with Gasteiger partial charge in [0.15, 0.2) is 0 Å². The van der Waals surface area contributed by atoms with Gasteiger partial charge < -0.3 is 20.8 Å². The van der Waals surface area contributed by atoms with E-state index in [4.69, 9.17) is 0 Å². The van der Waals surface area contributed by atoms with Crippen LogP contribution in [-0.2, 0) is 13.1 Å². The van der Waals surface area contributed by atoms with Crippen LogP contribution in [0, 0.1) is 0 Å². The minimum absolute atomic E-state index is 0. The molecular weight excluding hydrogens is 384 g/mol. The van der Waals surface area contributed by atoms with Crippen LogP contribution in [0.5, 0.6) is 11.5 Å². The van der Waals surface area contributed by atoms with Crippen LogP contribution in [0.25, 0.3) is 10.8 Å². The molecule has 0 saturated carbocycles. The Morgan fingerprint density at radius 1 is 0.621 bits per heavy atom. The van der Waals surface area contributed by atoms with Crippen molar-refractivity contribution in [1.82, 2.24) is 10.6 Å². The number of fused-ring (bicyclic) bond motifs is 1. The number of unbranched alkanes of at least 4 members (excludes halogenated alkanes) is 6. The Labute approximate surface area is 182 Å². The lowest BCUT2D eigenvalue weighted by atomic mass is 9.98. The quantitative estimate of drug-likeness (QED) is 0.281. The molecule has 0 aliphatic rings. The van der Waals surface area contributed by atoms with Crippen LogP contribution >= 0.6 is 12.4 Å². The van der Waals surface area contributed by atoms with E-state index < -0.39 is 0 Å². The highest BCUT2D eigenvalue weighted by Gasteiger charge is 2.12. The van der Waals surface area contributed by atoms with Crippen LogP contribution in [0.4, 0.5) is 0 Å². The van der Waals surface area contributed by atoms with E-state index in [1.807, 2.05) is 12.1 Å². The second kappa shape index (κ2) is 14.5. The predicted molar refractivity (Wildman–Crippen MR) is 126 cm³/mol. The molecule has 0 aromatic heterocycles. The van der Waals surface area contributed by atoms with Gasteiger partial charge in [-0.2, -0.15) is 0 Å². The molecule has 2 aromatic rings. The highest BCUT2D eigenvalue weighted by molar-refractivity contribution is 5.92. The number of rotatable bonds is 14. The van der Waals surface area contributed by atoms with Crippen molar-refractivity contribution in [2.75, 3.05) is 13.1 Å². The second-order valence-corrected chi connectivity index (χ2v) is 7.70. The molecule has 0 saturated heterocycles. The summed E-state index contributed by atoms with van der Waals surface area (Å²) in [4.78, 5) is 0. The number of benzene rings is 2. The maximum Gasteiger partial charge on any atom is 0.120 e. The van der Waals surface area contributed by atoms with Gasteiger partial charge in [-0.25, -0.2) is 0 Å². The van der Waals surface area contributed by atoms with Crippen molar-refractivity contribution in [3.05, 3.63) is 35.4 Å². The van der Waals surface area contributed by atoms with Crippen molar-refractivity contribution < 1.29 is 10.2 Å². The minimum Gasteiger partial charge on any atom is -0.508 e. The Balaban J connectivity index is 0.00000420. The maximum atomic E-state index is 10.4. The highest BCUT2D eigenvalue weighted by Crippen LogP contribution is 2.33. The standard InChI is InChI=1S/C24H38N2O2.ClH/c1-3-5-7-9-15-25-17-21-19-11-14-24(28)22(20(19)12-13-23(21)27)18-26-16-10-8-6-4-2;/h11-14,25-28H,3-10,15-18H2,1-2H3;1H. The Bertz CT molecular complexity index is 660. The molecule has 0 unspecified atom stereocenters. The number of phenols is 2. The van der Waals surface area contributed by atoms with E-state index in [0.29, 0.717) is 24.6 Å². The van der Waals surface area contributed by atoms with Crippen molar-refractivity contribution >= 4 is 23.2 Å². The zero-order valence-corrected chi connectivity index (χ0v) is 18.9. The summed E-state index contributed by atoms with van der Waals surface area (Å²) in [6, 6.07) is 7.34. The summed E-state index contributed by atoms with van der Waals surface area (Å²) in [7, 11) is 0. The van der Waals surface area contributed by atoms with E-state index in [1.165, 1.54) is 38.5 Å². The summed E-state index contributed by atoms with van der Waals surface area (Å²) in [6.07, 6.45) is 9.83. The first kappa shape index (κ1) is 25.5. The SMILES string of the molecule is CCCCCCNCc1c(O)ccc2c(CNCCCCCC)c(O)ccc12.Cl. The molecule has 164 valence electrons. The Hall–Kier alpha value is -1.49. The average Bonchev–Trinajstić information content (AvgIpc) is 2.70. The monoisotopic (exact) mass is 422 g/mol. The van der Waals surface area contributed by atoms with E-state index in [9.17, 15) is 10.2 Å². The topological polar surface area (TPSA) is 64.5 Å². The molecule has 0 bridgehead atoms. The first-order chi connectivity index (χ1) is 13.7. The third-order valence-electron chi connectivity index (χ3n) is 5.39. The molecular formula is C24H39ClN2O2. The highest BCUT2D eigenvalue weighted by atomic mass is 35.5. The van der Waals surface area contributed by atoms with Gasteiger partial charge in [0.1, 0.15) is 11.5 Å². The van der Waals surface area contributed by atoms with Gasteiger partial charge in [-0.15, -0.1) is 12.4 Å². The van der Waals surface area contributed by atoms with E-state index in [2.05, 4.69) is 24.5 Å². The number of aromatic hydroxyl groups is 2. The molecule has 2 aromatic carbocycles. The lowest BCUT2D eigenvalue weighted by Crippen LogP contribution is -2.16. The first-order valence-electron chi connectivity index (χ1n) is 11.1. The number of phenolic OH excluding ortho intramolecular Hbond substituents is 2. The van der Waals surface area contributed by atoms with Gasteiger partial charge >= 0.3 is 0 Å². The third kappa shape index (κ3) is 8.04.